The maximum absolute atomic E-state index is 4.46. The van der Waals surface area contributed by atoms with E-state index in [1.807, 2.05) is 0 Å². The van der Waals surface area contributed by atoms with E-state index in [1.54, 1.807) is 0 Å². The van der Waals surface area contributed by atoms with E-state index in [-0.39, 0.29) is 0 Å². The lowest BCUT2D eigenvalue weighted by atomic mass is 9.97. The summed E-state index contributed by atoms with van der Waals surface area (Å²) in [5.74, 6) is 0. The highest BCUT2D eigenvalue weighted by Gasteiger charge is 2.18. The molecule has 1 aliphatic heterocycles. The molecular weight excluding hydrogens is 297 g/mol. The minimum absolute atomic E-state index is 0.527. The van der Waals surface area contributed by atoms with E-state index >= 15 is 0 Å². The molecule has 0 radical (unpaired) electrons. The number of hydrogen-bond donors (Lipinski definition) is 0. The molecule has 0 aromatic heterocycles. The van der Waals surface area contributed by atoms with Crippen LogP contribution in [0.1, 0.15) is 64.7 Å². The summed E-state index contributed by atoms with van der Waals surface area (Å²) < 4.78 is 0.527. The average Bonchev–Trinajstić information content (AvgIpc) is 2.20. The van der Waals surface area contributed by atoms with Crippen LogP contribution >= 0.6 is 22.6 Å². The SMILES string of the molecule is CC1(I)CCC/C=N\CCCCCCC1. The lowest BCUT2D eigenvalue weighted by Crippen LogP contribution is -2.14. The summed E-state index contributed by atoms with van der Waals surface area (Å²) in [6.45, 7) is 3.46. The Bertz CT molecular complexity index is 187. The Morgan fingerprint density at radius 2 is 1.67 bits per heavy atom. The van der Waals surface area contributed by atoms with Gasteiger partial charge >= 0.3 is 0 Å². The number of aliphatic imine (C=N–C) groups is 1. The van der Waals surface area contributed by atoms with Crippen molar-refractivity contribution >= 4 is 28.8 Å². The van der Waals surface area contributed by atoms with Gasteiger partial charge in [-0.3, -0.25) is 4.99 Å². The average molecular weight is 321 g/mol. The zero-order chi connectivity index (χ0) is 11.0. The highest BCUT2D eigenvalue weighted by Crippen LogP contribution is 2.31. The number of halogens is 1. The van der Waals surface area contributed by atoms with E-state index in [4.69, 9.17) is 0 Å². The Labute approximate surface area is 108 Å². The highest BCUT2D eigenvalue weighted by molar-refractivity contribution is 14.1. The van der Waals surface area contributed by atoms with Crippen molar-refractivity contribution in [3.63, 3.8) is 0 Å². The second-order valence-electron chi connectivity index (χ2n) is 4.91. The molecule has 88 valence electrons. The summed E-state index contributed by atoms with van der Waals surface area (Å²) in [5, 5.41) is 0. The van der Waals surface area contributed by atoms with Gasteiger partial charge in [0.1, 0.15) is 0 Å². The van der Waals surface area contributed by atoms with Crippen LogP contribution in [0, 0.1) is 0 Å². The molecule has 1 unspecified atom stereocenters. The van der Waals surface area contributed by atoms with E-state index in [0.29, 0.717) is 3.42 Å². The Morgan fingerprint density at radius 3 is 2.53 bits per heavy atom. The molecule has 1 rings (SSSR count). The third kappa shape index (κ3) is 7.31. The molecule has 1 atom stereocenters. The second kappa shape index (κ2) is 7.64. The molecule has 2 heteroatoms. The van der Waals surface area contributed by atoms with Crippen LogP contribution in [-0.2, 0) is 0 Å². The van der Waals surface area contributed by atoms with Crippen LogP contribution in [0.2, 0.25) is 0 Å². The normalized spacial score (nSPS) is 33.5. The largest absolute Gasteiger partial charge is 0.298 e. The lowest BCUT2D eigenvalue weighted by molar-refractivity contribution is 0.507. The fourth-order valence-corrected chi connectivity index (χ4v) is 2.86. The summed E-state index contributed by atoms with van der Waals surface area (Å²) in [4.78, 5) is 4.46. The van der Waals surface area contributed by atoms with Crippen LogP contribution in [0.25, 0.3) is 0 Å². The fourth-order valence-electron chi connectivity index (χ4n) is 2.10. The molecule has 0 amide bonds. The van der Waals surface area contributed by atoms with Gasteiger partial charge in [-0.05, 0) is 38.3 Å². The minimum atomic E-state index is 0.527. The Hall–Kier alpha value is 0.400. The maximum atomic E-state index is 4.46. The topological polar surface area (TPSA) is 12.4 Å². The van der Waals surface area contributed by atoms with Crippen LogP contribution in [0.15, 0.2) is 4.99 Å². The first-order valence-corrected chi connectivity index (χ1v) is 7.46. The quantitative estimate of drug-likeness (QED) is 0.450. The molecule has 0 aromatic rings. The Kier molecular flexibility index (Phi) is 6.86. The van der Waals surface area contributed by atoms with Gasteiger partial charge in [0.15, 0.2) is 0 Å². The zero-order valence-electron chi connectivity index (χ0n) is 9.97. The third-order valence-corrected chi connectivity index (χ3v) is 4.22. The molecule has 1 aliphatic rings. The molecule has 0 aliphatic carbocycles. The number of alkyl halides is 1. The summed E-state index contributed by atoms with van der Waals surface area (Å²) >= 11 is 2.65. The van der Waals surface area contributed by atoms with Gasteiger partial charge in [0.05, 0.1) is 0 Å². The van der Waals surface area contributed by atoms with Crippen molar-refractivity contribution in [3.8, 4) is 0 Å². The van der Waals surface area contributed by atoms with Crippen LogP contribution in [0.5, 0.6) is 0 Å². The number of nitrogens with zero attached hydrogens (tertiary/aromatic N) is 1. The molecule has 15 heavy (non-hydrogen) atoms. The molecule has 0 N–H and O–H groups in total. The predicted octanol–water partition coefficient (Wildman–Crippen LogP) is 4.78. The Balaban J connectivity index is 2.32. The van der Waals surface area contributed by atoms with Crippen LogP contribution in [-0.4, -0.2) is 16.2 Å². The fraction of sp³-hybridized carbons (Fsp3) is 0.923. The van der Waals surface area contributed by atoms with Crippen molar-refractivity contribution < 1.29 is 0 Å². The first-order chi connectivity index (χ1) is 7.21. The molecule has 1 heterocycles. The van der Waals surface area contributed by atoms with Gasteiger partial charge in [-0.1, -0.05) is 55.2 Å². The third-order valence-electron chi connectivity index (χ3n) is 3.15. The predicted molar refractivity (Wildman–Crippen MR) is 77.3 cm³/mol. The van der Waals surface area contributed by atoms with Crippen molar-refractivity contribution in [1.29, 1.82) is 0 Å². The van der Waals surface area contributed by atoms with Crippen LogP contribution < -0.4 is 0 Å². The van der Waals surface area contributed by atoms with Gasteiger partial charge in [-0.2, -0.15) is 0 Å². The van der Waals surface area contributed by atoms with Gasteiger partial charge in [0.2, 0.25) is 0 Å². The minimum Gasteiger partial charge on any atom is -0.298 e. The van der Waals surface area contributed by atoms with Crippen molar-refractivity contribution in [2.75, 3.05) is 6.54 Å². The van der Waals surface area contributed by atoms with E-state index in [9.17, 15) is 0 Å². The van der Waals surface area contributed by atoms with Gasteiger partial charge in [-0.15, -0.1) is 0 Å². The molecule has 0 saturated heterocycles. The van der Waals surface area contributed by atoms with Crippen molar-refractivity contribution in [1.82, 2.24) is 0 Å². The van der Waals surface area contributed by atoms with Crippen molar-refractivity contribution in [2.24, 2.45) is 4.99 Å². The zero-order valence-corrected chi connectivity index (χ0v) is 12.1. The first-order valence-electron chi connectivity index (χ1n) is 6.38. The standard InChI is InChI=1S/C13H24IN/c1-13(14)9-5-3-2-4-7-11-15-12-8-6-10-13/h12H,2-11H2,1H3/b15-12-. The Morgan fingerprint density at radius 1 is 1.00 bits per heavy atom. The molecule has 0 bridgehead atoms. The molecule has 0 saturated carbocycles. The van der Waals surface area contributed by atoms with Gasteiger partial charge in [0, 0.05) is 9.97 Å². The van der Waals surface area contributed by atoms with Gasteiger partial charge in [-0.25, -0.2) is 0 Å². The van der Waals surface area contributed by atoms with E-state index in [2.05, 4.69) is 40.7 Å². The molecule has 0 spiro atoms. The number of hydrogen-bond acceptors (Lipinski definition) is 1. The van der Waals surface area contributed by atoms with Crippen molar-refractivity contribution in [2.45, 2.75) is 68.1 Å². The second-order valence-corrected chi connectivity index (χ2v) is 7.52. The monoisotopic (exact) mass is 321 g/mol. The van der Waals surface area contributed by atoms with Crippen LogP contribution in [0.4, 0.5) is 0 Å². The van der Waals surface area contributed by atoms with E-state index in [0.717, 1.165) is 6.54 Å². The smallest absolute Gasteiger partial charge is 0.0385 e. The molecule has 0 aromatic carbocycles. The summed E-state index contributed by atoms with van der Waals surface area (Å²) in [6, 6.07) is 0. The molecule has 0 fully saturated rings. The molecule has 1 nitrogen and oxygen atoms in total. The first kappa shape index (κ1) is 13.5. The maximum Gasteiger partial charge on any atom is 0.0385 e. The van der Waals surface area contributed by atoms with E-state index < -0.39 is 0 Å². The molecular formula is C13H24IN. The highest BCUT2D eigenvalue weighted by atomic mass is 127. The number of rotatable bonds is 0. The summed E-state index contributed by atoms with van der Waals surface area (Å²) in [7, 11) is 0. The van der Waals surface area contributed by atoms with Crippen molar-refractivity contribution in [3.05, 3.63) is 0 Å². The van der Waals surface area contributed by atoms with Gasteiger partial charge in [0.25, 0.3) is 0 Å². The lowest BCUT2D eigenvalue weighted by Gasteiger charge is -2.22. The van der Waals surface area contributed by atoms with E-state index in [1.165, 1.54) is 57.8 Å². The van der Waals surface area contributed by atoms with Gasteiger partial charge < -0.3 is 0 Å². The van der Waals surface area contributed by atoms with Crippen LogP contribution in [0.3, 0.4) is 0 Å². The summed E-state index contributed by atoms with van der Waals surface area (Å²) in [5.41, 5.74) is 0. The summed E-state index contributed by atoms with van der Waals surface area (Å²) in [6.07, 6.45) is 14.3.